The molecule has 0 amide bonds. The zero-order valence-electron chi connectivity index (χ0n) is 12.0. The van der Waals surface area contributed by atoms with Crippen LogP contribution in [-0.4, -0.2) is 38.5 Å². The van der Waals surface area contributed by atoms with Crippen molar-refractivity contribution in [2.45, 2.75) is 32.1 Å². The van der Waals surface area contributed by atoms with Crippen molar-refractivity contribution in [3.8, 4) is 0 Å². The molecule has 0 aliphatic rings. The van der Waals surface area contributed by atoms with Gasteiger partial charge in [-0.2, -0.15) is 0 Å². The summed E-state index contributed by atoms with van der Waals surface area (Å²) in [6, 6.07) is 2.01. The molecule has 0 spiro atoms. The minimum absolute atomic E-state index is 0.0869. The van der Waals surface area contributed by atoms with Crippen molar-refractivity contribution in [1.29, 1.82) is 0 Å². The Bertz CT molecular complexity index is 580. The van der Waals surface area contributed by atoms with Gasteiger partial charge >= 0.3 is 0 Å². The highest BCUT2D eigenvalue weighted by molar-refractivity contribution is 7.89. The maximum atomic E-state index is 13.1. The monoisotopic (exact) mass is 323 g/mol. The second-order valence-electron chi connectivity index (χ2n) is 4.85. The van der Waals surface area contributed by atoms with Crippen LogP contribution in [0.3, 0.4) is 0 Å². The summed E-state index contributed by atoms with van der Waals surface area (Å²) in [4.78, 5) is 0. The highest BCUT2D eigenvalue weighted by atomic mass is 32.2. The molecule has 0 saturated carbocycles. The summed E-state index contributed by atoms with van der Waals surface area (Å²) in [5, 5.41) is 10.0. The largest absolute Gasteiger partial charge is 0.387 e. The molecule has 0 fully saturated rings. The lowest BCUT2D eigenvalue weighted by molar-refractivity contribution is 0.133. The molecule has 0 unspecified atom stereocenters. The van der Waals surface area contributed by atoms with E-state index in [1.807, 2.05) is 0 Å². The van der Waals surface area contributed by atoms with Gasteiger partial charge in [-0.25, -0.2) is 21.9 Å². The molecule has 0 bridgehead atoms. The first-order valence-corrected chi connectivity index (χ1v) is 7.97. The molecule has 0 aliphatic carbocycles. The van der Waals surface area contributed by atoms with Crippen LogP contribution in [0.1, 0.15) is 25.5 Å². The molecule has 8 heteroatoms. The number of benzene rings is 1. The molecule has 1 rings (SSSR count). The summed E-state index contributed by atoms with van der Waals surface area (Å²) in [5.41, 5.74) is 0.0869. The van der Waals surface area contributed by atoms with E-state index in [1.54, 1.807) is 6.92 Å². The first-order chi connectivity index (χ1) is 9.66. The SMILES string of the molecule is CO[C@H](C)CS(=O)(=O)N[C@H](C)[C@H](O)c1ccc(F)c(F)c1. The fourth-order valence-electron chi connectivity index (χ4n) is 1.76. The molecular formula is C13H19F2NO4S. The molecule has 5 nitrogen and oxygen atoms in total. The number of ether oxygens (including phenoxy) is 1. The topological polar surface area (TPSA) is 75.6 Å². The predicted octanol–water partition coefficient (Wildman–Crippen LogP) is 1.34. The Labute approximate surface area is 123 Å². The zero-order valence-corrected chi connectivity index (χ0v) is 12.8. The number of methoxy groups -OCH3 is 1. The second kappa shape index (κ2) is 7.26. The van der Waals surface area contributed by atoms with Crippen LogP contribution in [0.15, 0.2) is 18.2 Å². The van der Waals surface area contributed by atoms with Gasteiger partial charge in [0.2, 0.25) is 10.0 Å². The summed E-state index contributed by atoms with van der Waals surface area (Å²) in [6.07, 6.45) is -1.80. The zero-order chi connectivity index (χ0) is 16.2. The highest BCUT2D eigenvalue weighted by Gasteiger charge is 2.24. The summed E-state index contributed by atoms with van der Waals surface area (Å²) >= 11 is 0. The van der Waals surface area contributed by atoms with Gasteiger partial charge in [0.05, 0.1) is 18.0 Å². The minimum Gasteiger partial charge on any atom is -0.387 e. The Hall–Kier alpha value is -1.09. The molecule has 3 atom stereocenters. The van der Waals surface area contributed by atoms with Crippen molar-refractivity contribution >= 4 is 10.0 Å². The maximum Gasteiger partial charge on any atom is 0.214 e. The molecule has 0 aromatic heterocycles. The third-order valence-corrected chi connectivity index (χ3v) is 4.62. The average Bonchev–Trinajstić information content (AvgIpc) is 2.39. The first-order valence-electron chi connectivity index (χ1n) is 6.32. The number of aliphatic hydroxyl groups excluding tert-OH is 1. The van der Waals surface area contributed by atoms with Gasteiger partial charge in [-0.3, -0.25) is 0 Å². The van der Waals surface area contributed by atoms with Crippen LogP contribution in [0.5, 0.6) is 0 Å². The van der Waals surface area contributed by atoms with Crippen molar-refractivity contribution in [2.24, 2.45) is 0 Å². The van der Waals surface area contributed by atoms with E-state index < -0.39 is 39.9 Å². The van der Waals surface area contributed by atoms with Crippen LogP contribution in [0, 0.1) is 11.6 Å². The molecule has 0 radical (unpaired) electrons. The van der Waals surface area contributed by atoms with E-state index in [1.165, 1.54) is 20.1 Å². The number of nitrogens with one attached hydrogen (secondary N) is 1. The Balaban J connectivity index is 2.78. The van der Waals surface area contributed by atoms with Gasteiger partial charge in [0.15, 0.2) is 11.6 Å². The van der Waals surface area contributed by atoms with E-state index in [9.17, 15) is 22.3 Å². The van der Waals surface area contributed by atoms with Gasteiger partial charge in [0.25, 0.3) is 0 Å². The smallest absolute Gasteiger partial charge is 0.214 e. The molecule has 21 heavy (non-hydrogen) atoms. The van der Waals surface area contributed by atoms with Crippen molar-refractivity contribution in [2.75, 3.05) is 12.9 Å². The van der Waals surface area contributed by atoms with E-state index in [0.717, 1.165) is 12.1 Å². The van der Waals surface area contributed by atoms with Crippen molar-refractivity contribution in [3.05, 3.63) is 35.4 Å². The molecule has 120 valence electrons. The number of aliphatic hydroxyl groups is 1. The number of halogens is 2. The van der Waals surface area contributed by atoms with Crippen molar-refractivity contribution in [1.82, 2.24) is 4.72 Å². The lowest BCUT2D eigenvalue weighted by atomic mass is 10.0. The first kappa shape index (κ1) is 18.0. The molecular weight excluding hydrogens is 304 g/mol. The fourth-order valence-corrected chi connectivity index (χ4v) is 3.30. The number of sulfonamides is 1. The predicted molar refractivity (Wildman–Crippen MR) is 74.2 cm³/mol. The van der Waals surface area contributed by atoms with Crippen LogP contribution in [0.25, 0.3) is 0 Å². The van der Waals surface area contributed by atoms with E-state index in [2.05, 4.69) is 4.72 Å². The molecule has 1 aromatic carbocycles. The van der Waals surface area contributed by atoms with Crippen LogP contribution < -0.4 is 4.72 Å². The number of rotatable bonds is 7. The third-order valence-electron chi connectivity index (χ3n) is 2.98. The summed E-state index contributed by atoms with van der Waals surface area (Å²) in [6.45, 7) is 3.02. The summed E-state index contributed by atoms with van der Waals surface area (Å²) in [5.74, 6) is -2.40. The van der Waals surface area contributed by atoms with Crippen LogP contribution in [-0.2, 0) is 14.8 Å². The molecule has 1 aromatic rings. The van der Waals surface area contributed by atoms with E-state index in [4.69, 9.17) is 4.74 Å². The summed E-state index contributed by atoms with van der Waals surface area (Å²) < 4.78 is 56.8. The molecule has 2 N–H and O–H groups in total. The molecule has 0 heterocycles. The van der Waals surface area contributed by atoms with E-state index in [-0.39, 0.29) is 11.3 Å². The lowest BCUT2D eigenvalue weighted by Crippen LogP contribution is -2.40. The minimum atomic E-state index is -3.67. The Morgan fingerprint density at radius 3 is 2.43 bits per heavy atom. The van der Waals surface area contributed by atoms with Crippen LogP contribution >= 0.6 is 0 Å². The van der Waals surface area contributed by atoms with Gasteiger partial charge in [0.1, 0.15) is 0 Å². The van der Waals surface area contributed by atoms with Crippen molar-refractivity contribution < 1.29 is 27.0 Å². The Kier molecular flexibility index (Phi) is 6.21. The second-order valence-corrected chi connectivity index (χ2v) is 6.65. The molecule has 0 aliphatic heterocycles. The van der Waals surface area contributed by atoms with Gasteiger partial charge < -0.3 is 9.84 Å². The fraction of sp³-hybridized carbons (Fsp3) is 0.538. The quantitative estimate of drug-likeness (QED) is 0.794. The number of hydrogen-bond donors (Lipinski definition) is 2. The van der Waals surface area contributed by atoms with Gasteiger partial charge in [-0.1, -0.05) is 6.07 Å². The van der Waals surface area contributed by atoms with E-state index in [0.29, 0.717) is 0 Å². The standard InChI is InChI=1S/C13H19F2NO4S/c1-8(20-3)7-21(18,19)16-9(2)13(17)10-4-5-11(14)12(15)6-10/h4-6,8-9,13,16-17H,7H2,1-3H3/t8-,9-,13+/m1/s1. The lowest BCUT2D eigenvalue weighted by Gasteiger charge is -2.21. The normalized spacial score (nSPS) is 16.5. The summed E-state index contributed by atoms with van der Waals surface area (Å²) in [7, 11) is -2.28. The van der Waals surface area contributed by atoms with Crippen molar-refractivity contribution in [3.63, 3.8) is 0 Å². The average molecular weight is 323 g/mol. The third kappa shape index (κ3) is 5.31. The van der Waals surface area contributed by atoms with Crippen LogP contribution in [0.2, 0.25) is 0 Å². The Morgan fingerprint density at radius 1 is 1.29 bits per heavy atom. The number of hydrogen-bond acceptors (Lipinski definition) is 4. The van der Waals surface area contributed by atoms with E-state index >= 15 is 0 Å². The highest BCUT2D eigenvalue weighted by Crippen LogP contribution is 2.19. The van der Waals surface area contributed by atoms with Gasteiger partial charge in [-0.15, -0.1) is 0 Å². The van der Waals surface area contributed by atoms with Gasteiger partial charge in [0, 0.05) is 13.2 Å². The van der Waals surface area contributed by atoms with Crippen LogP contribution in [0.4, 0.5) is 8.78 Å². The Morgan fingerprint density at radius 2 is 1.90 bits per heavy atom. The molecule has 0 saturated heterocycles. The maximum absolute atomic E-state index is 13.1. The van der Waals surface area contributed by atoms with Gasteiger partial charge in [-0.05, 0) is 31.5 Å².